The second-order valence-electron chi connectivity index (χ2n) is 6.71. The van der Waals surface area contributed by atoms with E-state index in [1.54, 1.807) is 0 Å². The molecule has 2 aromatic heterocycles. The molecule has 1 aliphatic rings. The van der Waals surface area contributed by atoms with Gasteiger partial charge >= 0.3 is 0 Å². The van der Waals surface area contributed by atoms with Crippen LogP contribution >= 0.6 is 0 Å². The van der Waals surface area contributed by atoms with E-state index in [9.17, 15) is 0 Å². The molecule has 0 spiro atoms. The minimum Gasteiger partial charge on any atom is -0.321 e. The third-order valence-corrected chi connectivity index (χ3v) is 5.16. The van der Waals surface area contributed by atoms with Crippen molar-refractivity contribution in [1.82, 2.24) is 9.30 Å². The van der Waals surface area contributed by atoms with Gasteiger partial charge in [0.2, 0.25) is 0 Å². The number of nitrogens with zero attached hydrogens (tertiary/aromatic N) is 2. The van der Waals surface area contributed by atoms with E-state index in [-0.39, 0.29) is 0 Å². The minimum atomic E-state index is 0.578. The summed E-state index contributed by atoms with van der Waals surface area (Å²) in [5.74, 6) is 0. The van der Waals surface area contributed by atoms with E-state index in [1.807, 2.05) is 6.08 Å². The van der Waals surface area contributed by atoms with Crippen LogP contribution in [0.3, 0.4) is 0 Å². The average molecular weight is 316 g/mol. The van der Waals surface area contributed by atoms with Crippen molar-refractivity contribution in [1.29, 1.82) is 0 Å². The summed E-state index contributed by atoms with van der Waals surface area (Å²) in [6.07, 6.45) is 7.75. The van der Waals surface area contributed by atoms with Crippen molar-refractivity contribution >= 4 is 5.52 Å². The molecule has 24 heavy (non-hydrogen) atoms. The molecule has 3 aromatic rings. The lowest BCUT2D eigenvalue weighted by molar-refractivity contribution is 0.189. The lowest BCUT2D eigenvalue weighted by Gasteiger charge is -2.34. The standard InChI is InChI=1S/C22H24N2/c1-2-13-23(17-18-8-4-3-5-9-18)20-12-11-19-15-21-10-6-7-14-24(21)22(19)16-20/h2-10,14-15,20H,1,11-13,16-17H2. The number of pyridine rings is 1. The Hall–Kier alpha value is -2.32. The van der Waals surface area contributed by atoms with Gasteiger partial charge in [0, 0.05) is 43.0 Å². The zero-order valence-electron chi connectivity index (χ0n) is 14.1. The fourth-order valence-corrected chi connectivity index (χ4v) is 3.97. The summed E-state index contributed by atoms with van der Waals surface area (Å²) in [7, 11) is 0. The van der Waals surface area contributed by atoms with Crippen molar-refractivity contribution in [2.24, 2.45) is 0 Å². The first-order valence-corrected chi connectivity index (χ1v) is 8.82. The summed E-state index contributed by atoms with van der Waals surface area (Å²) in [5.41, 5.74) is 5.71. The summed E-state index contributed by atoms with van der Waals surface area (Å²) in [4.78, 5) is 2.58. The van der Waals surface area contributed by atoms with Gasteiger partial charge in [0.05, 0.1) is 0 Å². The van der Waals surface area contributed by atoms with Gasteiger partial charge in [-0.2, -0.15) is 0 Å². The number of hydrogen-bond donors (Lipinski definition) is 0. The van der Waals surface area contributed by atoms with Gasteiger partial charge in [-0.3, -0.25) is 4.90 Å². The van der Waals surface area contributed by atoms with E-state index in [2.05, 4.69) is 76.7 Å². The summed E-state index contributed by atoms with van der Waals surface area (Å²) >= 11 is 0. The van der Waals surface area contributed by atoms with Crippen LogP contribution in [-0.4, -0.2) is 21.9 Å². The molecular formula is C22H24N2. The third-order valence-electron chi connectivity index (χ3n) is 5.16. The molecule has 0 amide bonds. The van der Waals surface area contributed by atoms with Crippen molar-refractivity contribution in [2.75, 3.05) is 6.54 Å². The normalized spacial score (nSPS) is 17.1. The summed E-state index contributed by atoms with van der Waals surface area (Å²) in [6.45, 7) is 5.91. The van der Waals surface area contributed by atoms with Crippen LogP contribution < -0.4 is 0 Å². The first-order valence-electron chi connectivity index (χ1n) is 8.82. The van der Waals surface area contributed by atoms with Crippen LogP contribution in [0.1, 0.15) is 23.2 Å². The zero-order chi connectivity index (χ0) is 16.4. The van der Waals surface area contributed by atoms with Gasteiger partial charge < -0.3 is 4.40 Å². The highest BCUT2D eigenvalue weighted by atomic mass is 15.2. The predicted molar refractivity (Wildman–Crippen MR) is 100 cm³/mol. The number of aryl methyl sites for hydroxylation is 1. The first kappa shape index (κ1) is 15.2. The zero-order valence-corrected chi connectivity index (χ0v) is 14.1. The van der Waals surface area contributed by atoms with Crippen molar-refractivity contribution in [2.45, 2.75) is 31.8 Å². The van der Waals surface area contributed by atoms with Gasteiger partial charge in [-0.25, -0.2) is 0 Å². The molecule has 0 radical (unpaired) electrons. The number of benzene rings is 1. The molecule has 1 atom stereocenters. The average Bonchev–Trinajstić information content (AvgIpc) is 3.00. The molecule has 4 rings (SSSR count). The third kappa shape index (κ3) is 2.90. The smallest absolute Gasteiger partial charge is 0.0455 e. The summed E-state index contributed by atoms with van der Waals surface area (Å²) in [5, 5.41) is 0. The van der Waals surface area contributed by atoms with E-state index >= 15 is 0 Å². The van der Waals surface area contributed by atoms with Crippen molar-refractivity contribution in [3.05, 3.63) is 90.3 Å². The minimum absolute atomic E-state index is 0.578. The molecule has 2 heteroatoms. The highest BCUT2D eigenvalue weighted by Gasteiger charge is 2.26. The quantitative estimate of drug-likeness (QED) is 0.630. The Kier molecular flexibility index (Phi) is 4.22. The van der Waals surface area contributed by atoms with Crippen molar-refractivity contribution in [3.8, 4) is 0 Å². The highest BCUT2D eigenvalue weighted by Crippen LogP contribution is 2.28. The van der Waals surface area contributed by atoms with Crippen LogP contribution in [0.2, 0.25) is 0 Å². The van der Waals surface area contributed by atoms with Gasteiger partial charge in [0.1, 0.15) is 0 Å². The topological polar surface area (TPSA) is 7.65 Å². The molecule has 0 bridgehead atoms. The van der Waals surface area contributed by atoms with Crippen LogP contribution in [0, 0.1) is 0 Å². The Bertz CT molecular complexity index is 832. The van der Waals surface area contributed by atoms with E-state index in [0.717, 1.165) is 19.5 Å². The molecule has 0 saturated carbocycles. The van der Waals surface area contributed by atoms with E-state index in [1.165, 1.54) is 35.2 Å². The molecular weight excluding hydrogens is 292 g/mol. The molecule has 0 fully saturated rings. The maximum absolute atomic E-state index is 3.97. The highest BCUT2D eigenvalue weighted by molar-refractivity contribution is 5.54. The van der Waals surface area contributed by atoms with Crippen molar-refractivity contribution < 1.29 is 0 Å². The Morgan fingerprint density at radius 2 is 1.96 bits per heavy atom. The largest absolute Gasteiger partial charge is 0.321 e. The second-order valence-corrected chi connectivity index (χ2v) is 6.71. The van der Waals surface area contributed by atoms with Crippen LogP contribution in [0.4, 0.5) is 0 Å². The van der Waals surface area contributed by atoms with Gasteiger partial charge in [-0.15, -0.1) is 6.58 Å². The van der Waals surface area contributed by atoms with E-state index < -0.39 is 0 Å². The molecule has 122 valence electrons. The SMILES string of the molecule is C=CCN(Cc1ccccc1)C1CCc2cc3ccccn3c2C1. The Morgan fingerprint density at radius 3 is 2.79 bits per heavy atom. The molecule has 0 aliphatic heterocycles. The van der Waals surface area contributed by atoms with E-state index in [4.69, 9.17) is 0 Å². The van der Waals surface area contributed by atoms with Gasteiger partial charge in [-0.05, 0) is 42.2 Å². The molecule has 2 nitrogen and oxygen atoms in total. The summed E-state index contributed by atoms with van der Waals surface area (Å²) < 4.78 is 2.37. The summed E-state index contributed by atoms with van der Waals surface area (Å²) in [6, 6.07) is 20.2. The van der Waals surface area contributed by atoms with Crippen LogP contribution in [0.25, 0.3) is 5.52 Å². The van der Waals surface area contributed by atoms with Gasteiger partial charge in [0.25, 0.3) is 0 Å². The fraction of sp³-hybridized carbons (Fsp3) is 0.273. The number of aromatic nitrogens is 1. The Morgan fingerprint density at radius 1 is 1.12 bits per heavy atom. The van der Waals surface area contributed by atoms with Crippen LogP contribution in [-0.2, 0) is 19.4 Å². The first-order chi connectivity index (χ1) is 11.8. The van der Waals surface area contributed by atoms with Crippen molar-refractivity contribution in [3.63, 3.8) is 0 Å². The maximum Gasteiger partial charge on any atom is 0.0455 e. The van der Waals surface area contributed by atoms with Gasteiger partial charge in [-0.1, -0.05) is 42.5 Å². The lowest BCUT2D eigenvalue weighted by atomic mass is 9.92. The number of fused-ring (bicyclic) bond motifs is 3. The lowest BCUT2D eigenvalue weighted by Crippen LogP contribution is -2.39. The van der Waals surface area contributed by atoms with E-state index in [0.29, 0.717) is 6.04 Å². The molecule has 2 heterocycles. The second kappa shape index (κ2) is 6.66. The van der Waals surface area contributed by atoms with Crippen LogP contribution in [0.15, 0.2) is 73.4 Å². The maximum atomic E-state index is 3.97. The fourth-order valence-electron chi connectivity index (χ4n) is 3.97. The molecule has 1 unspecified atom stereocenters. The molecule has 0 N–H and O–H groups in total. The number of hydrogen-bond acceptors (Lipinski definition) is 1. The Labute approximate surface area is 144 Å². The van der Waals surface area contributed by atoms with Crippen LogP contribution in [0.5, 0.6) is 0 Å². The molecule has 0 saturated heterocycles. The number of rotatable bonds is 5. The van der Waals surface area contributed by atoms with Gasteiger partial charge in [0.15, 0.2) is 0 Å². The predicted octanol–water partition coefficient (Wildman–Crippen LogP) is 4.48. The molecule has 1 aliphatic carbocycles. The molecule has 1 aromatic carbocycles. The Balaban J connectivity index is 1.60. The monoisotopic (exact) mass is 316 g/mol.